The molecule has 2 aromatic heterocycles. The molecule has 1 fully saturated rings. The predicted octanol–water partition coefficient (Wildman–Crippen LogP) is 4.16. The fourth-order valence-electron chi connectivity index (χ4n) is 3.35. The van der Waals surface area contributed by atoms with Gasteiger partial charge in [-0.1, -0.05) is 12.8 Å². The molecule has 1 aliphatic heterocycles. The third kappa shape index (κ3) is 2.00. The number of fused-ring (bicyclic) bond motifs is 1. The highest BCUT2D eigenvalue weighted by atomic mass is 79.9. The number of nitrogens with zero attached hydrogens (tertiary/aromatic N) is 3. The second kappa shape index (κ2) is 5.15. The van der Waals surface area contributed by atoms with E-state index in [4.69, 9.17) is 5.10 Å². The maximum absolute atomic E-state index is 4.94. The van der Waals surface area contributed by atoms with Gasteiger partial charge in [0.05, 0.1) is 10.2 Å². The van der Waals surface area contributed by atoms with Gasteiger partial charge in [-0.3, -0.25) is 0 Å². The van der Waals surface area contributed by atoms with Crippen molar-refractivity contribution in [2.75, 3.05) is 11.9 Å². The molecule has 1 unspecified atom stereocenters. The highest BCUT2D eigenvalue weighted by molar-refractivity contribution is 9.10. The first-order valence-corrected chi connectivity index (χ1v) is 8.93. The van der Waals surface area contributed by atoms with Crippen LogP contribution in [0.2, 0.25) is 0 Å². The Balaban J connectivity index is 1.76. The lowest BCUT2D eigenvalue weighted by molar-refractivity contribution is 0.472. The van der Waals surface area contributed by atoms with Gasteiger partial charge >= 0.3 is 0 Å². The SMILES string of the molecule is Brc1c(C2CCCC2)nn2c1NCCC2c1nccs1. The molecular weight excluding hydrogens is 336 g/mol. The van der Waals surface area contributed by atoms with Crippen molar-refractivity contribution in [1.29, 1.82) is 0 Å². The summed E-state index contributed by atoms with van der Waals surface area (Å²) in [5.74, 6) is 1.76. The van der Waals surface area contributed by atoms with E-state index in [0.29, 0.717) is 5.92 Å². The molecule has 0 radical (unpaired) electrons. The van der Waals surface area contributed by atoms with Gasteiger partial charge in [-0.05, 0) is 35.2 Å². The first-order valence-electron chi connectivity index (χ1n) is 7.26. The second-order valence-corrected chi connectivity index (χ2v) is 7.29. The molecular formula is C14H17BrN4S. The summed E-state index contributed by atoms with van der Waals surface area (Å²) in [7, 11) is 0. The zero-order chi connectivity index (χ0) is 13.5. The van der Waals surface area contributed by atoms with Crippen LogP contribution in [-0.2, 0) is 0 Å². The van der Waals surface area contributed by atoms with Gasteiger partial charge in [0.2, 0.25) is 0 Å². The maximum atomic E-state index is 4.94. The van der Waals surface area contributed by atoms with E-state index in [0.717, 1.165) is 18.8 Å². The quantitative estimate of drug-likeness (QED) is 0.881. The van der Waals surface area contributed by atoms with Crippen LogP contribution in [-0.4, -0.2) is 21.3 Å². The minimum Gasteiger partial charge on any atom is -0.369 e. The average molecular weight is 353 g/mol. The minimum atomic E-state index is 0.290. The van der Waals surface area contributed by atoms with Gasteiger partial charge < -0.3 is 5.32 Å². The van der Waals surface area contributed by atoms with Gasteiger partial charge in [-0.15, -0.1) is 11.3 Å². The molecule has 1 N–H and O–H groups in total. The van der Waals surface area contributed by atoms with Gasteiger partial charge in [0.25, 0.3) is 0 Å². The zero-order valence-corrected chi connectivity index (χ0v) is 13.6. The van der Waals surface area contributed by atoms with Crippen molar-refractivity contribution in [3.63, 3.8) is 0 Å². The minimum absolute atomic E-state index is 0.290. The Kier molecular flexibility index (Phi) is 3.30. The van der Waals surface area contributed by atoms with Gasteiger partial charge in [0.1, 0.15) is 16.9 Å². The molecule has 4 rings (SSSR count). The Labute approximate surface area is 130 Å². The summed E-state index contributed by atoms with van der Waals surface area (Å²) >= 11 is 5.50. The molecule has 1 aliphatic carbocycles. The zero-order valence-electron chi connectivity index (χ0n) is 11.2. The van der Waals surface area contributed by atoms with E-state index >= 15 is 0 Å². The Bertz CT molecular complexity index is 601. The monoisotopic (exact) mass is 352 g/mol. The van der Waals surface area contributed by atoms with Crippen molar-refractivity contribution >= 4 is 33.1 Å². The molecule has 1 saturated carbocycles. The third-order valence-electron chi connectivity index (χ3n) is 4.36. The summed E-state index contributed by atoms with van der Waals surface area (Å²) in [5.41, 5.74) is 1.24. The number of halogens is 1. The topological polar surface area (TPSA) is 42.7 Å². The molecule has 2 aliphatic rings. The molecule has 106 valence electrons. The van der Waals surface area contributed by atoms with E-state index in [1.165, 1.54) is 40.9 Å². The van der Waals surface area contributed by atoms with Crippen molar-refractivity contribution in [3.05, 3.63) is 26.8 Å². The van der Waals surface area contributed by atoms with E-state index in [9.17, 15) is 0 Å². The summed E-state index contributed by atoms with van der Waals surface area (Å²) in [6.07, 6.45) is 8.16. The lowest BCUT2D eigenvalue weighted by atomic mass is 10.0. The maximum Gasteiger partial charge on any atom is 0.139 e. The fraction of sp³-hybridized carbons (Fsp3) is 0.571. The lowest BCUT2D eigenvalue weighted by Gasteiger charge is -2.24. The van der Waals surface area contributed by atoms with Crippen molar-refractivity contribution in [1.82, 2.24) is 14.8 Å². The predicted molar refractivity (Wildman–Crippen MR) is 84.5 cm³/mol. The Morgan fingerprint density at radius 1 is 1.30 bits per heavy atom. The Morgan fingerprint density at radius 3 is 2.90 bits per heavy atom. The first kappa shape index (κ1) is 12.8. The highest BCUT2D eigenvalue weighted by Gasteiger charge is 2.31. The lowest BCUT2D eigenvalue weighted by Crippen LogP contribution is -2.24. The number of anilines is 1. The van der Waals surface area contributed by atoms with Crippen LogP contribution in [0.25, 0.3) is 0 Å². The smallest absolute Gasteiger partial charge is 0.139 e. The summed E-state index contributed by atoms with van der Waals surface area (Å²) in [4.78, 5) is 4.49. The number of hydrogen-bond donors (Lipinski definition) is 1. The van der Waals surface area contributed by atoms with Crippen molar-refractivity contribution in [2.24, 2.45) is 0 Å². The largest absolute Gasteiger partial charge is 0.369 e. The van der Waals surface area contributed by atoms with Gasteiger partial charge in [-0.25, -0.2) is 9.67 Å². The molecule has 2 aromatic rings. The molecule has 0 aromatic carbocycles. The molecule has 0 bridgehead atoms. The number of hydrogen-bond acceptors (Lipinski definition) is 4. The number of nitrogens with one attached hydrogen (secondary N) is 1. The second-order valence-electron chi connectivity index (χ2n) is 5.58. The van der Waals surface area contributed by atoms with Crippen LogP contribution in [0, 0.1) is 0 Å². The van der Waals surface area contributed by atoms with Gasteiger partial charge in [-0.2, -0.15) is 5.10 Å². The van der Waals surface area contributed by atoms with Crippen LogP contribution in [0.15, 0.2) is 16.0 Å². The van der Waals surface area contributed by atoms with E-state index in [1.807, 2.05) is 11.6 Å². The first-order chi connectivity index (χ1) is 9.84. The number of rotatable bonds is 2. The van der Waals surface area contributed by atoms with E-state index in [1.54, 1.807) is 11.3 Å². The van der Waals surface area contributed by atoms with Crippen molar-refractivity contribution in [2.45, 2.75) is 44.1 Å². The summed E-state index contributed by atoms with van der Waals surface area (Å²) in [6.45, 7) is 0.985. The molecule has 1 atom stereocenters. The fourth-order valence-corrected chi connectivity index (χ4v) is 4.84. The normalized spacial score (nSPS) is 22.8. The van der Waals surface area contributed by atoms with Crippen LogP contribution in [0.4, 0.5) is 5.82 Å². The molecule has 0 spiro atoms. The molecule has 20 heavy (non-hydrogen) atoms. The number of aromatic nitrogens is 3. The number of thiazole rings is 1. The van der Waals surface area contributed by atoms with Crippen LogP contribution in [0.1, 0.15) is 54.8 Å². The molecule has 0 saturated heterocycles. The van der Waals surface area contributed by atoms with E-state index < -0.39 is 0 Å². The standard InChI is InChI=1S/C14H17BrN4S/c15-11-12(9-3-1-2-4-9)18-19-10(5-6-16-13(11)19)14-17-7-8-20-14/h7-10,16H,1-6H2. The van der Waals surface area contributed by atoms with Gasteiger partial charge in [0.15, 0.2) is 0 Å². The Hall–Kier alpha value is -0.880. The summed E-state index contributed by atoms with van der Waals surface area (Å²) < 4.78 is 3.32. The molecule has 6 heteroatoms. The molecule has 0 amide bonds. The van der Waals surface area contributed by atoms with Crippen LogP contribution < -0.4 is 5.32 Å². The average Bonchev–Trinajstić information content (AvgIpc) is 3.19. The van der Waals surface area contributed by atoms with Gasteiger partial charge in [0, 0.05) is 24.0 Å². The molecule has 4 nitrogen and oxygen atoms in total. The van der Waals surface area contributed by atoms with E-state index in [-0.39, 0.29) is 6.04 Å². The highest BCUT2D eigenvalue weighted by Crippen LogP contribution is 2.43. The Morgan fingerprint density at radius 2 is 2.15 bits per heavy atom. The van der Waals surface area contributed by atoms with Crippen molar-refractivity contribution in [3.8, 4) is 0 Å². The third-order valence-corrected chi connectivity index (χ3v) is 6.02. The van der Waals surface area contributed by atoms with Crippen LogP contribution >= 0.6 is 27.3 Å². The summed E-state index contributed by atoms with van der Waals surface area (Å²) in [5, 5.41) is 11.7. The van der Waals surface area contributed by atoms with Crippen molar-refractivity contribution < 1.29 is 0 Å². The van der Waals surface area contributed by atoms with E-state index in [2.05, 4.69) is 30.9 Å². The summed E-state index contributed by atoms with van der Waals surface area (Å²) in [6, 6.07) is 0.290. The van der Waals surface area contributed by atoms with Crippen LogP contribution in [0.3, 0.4) is 0 Å². The van der Waals surface area contributed by atoms with Crippen LogP contribution in [0.5, 0.6) is 0 Å². The molecule has 3 heterocycles.